The molecule has 0 aliphatic rings. The lowest BCUT2D eigenvalue weighted by molar-refractivity contribution is 0.237. The van der Waals surface area contributed by atoms with Gasteiger partial charge in [0.05, 0.1) is 5.69 Å². The molecule has 2 rings (SSSR count). The van der Waals surface area contributed by atoms with Crippen LogP contribution in [0.2, 0.25) is 0 Å². The largest absolute Gasteiger partial charge is 0.311 e. The fourth-order valence-corrected chi connectivity index (χ4v) is 2.30. The normalized spacial score (nSPS) is 12.8. The average Bonchev–Trinajstić information content (AvgIpc) is 2.76. The van der Waals surface area contributed by atoms with Crippen LogP contribution in [-0.4, -0.2) is 15.9 Å². The second-order valence-corrected chi connectivity index (χ2v) is 6.44. The molecule has 0 unspecified atom stereocenters. The van der Waals surface area contributed by atoms with Crippen molar-refractivity contribution in [2.24, 2.45) is 11.3 Å². The molecule has 94 valence electrons. The van der Waals surface area contributed by atoms with Crippen LogP contribution in [0.4, 0.5) is 0 Å². The summed E-state index contributed by atoms with van der Waals surface area (Å²) in [6.07, 6.45) is 4.15. The van der Waals surface area contributed by atoms with Gasteiger partial charge in [0, 0.05) is 30.9 Å². The summed E-state index contributed by atoms with van der Waals surface area (Å²) in [6, 6.07) is 0. The molecule has 0 amide bonds. The Balaban J connectivity index is 1.89. The SMILES string of the molecule is CC(C)C(C)(C)CNCc1cn2ccsc2n1. The van der Waals surface area contributed by atoms with Crippen molar-refractivity contribution >= 4 is 16.3 Å². The van der Waals surface area contributed by atoms with Crippen molar-refractivity contribution in [3.8, 4) is 0 Å². The van der Waals surface area contributed by atoms with E-state index in [1.807, 2.05) is 0 Å². The number of rotatable bonds is 5. The number of hydrogen-bond donors (Lipinski definition) is 1. The van der Waals surface area contributed by atoms with E-state index in [1.54, 1.807) is 11.3 Å². The molecule has 17 heavy (non-hydrogen) atoms. The van der Waals surface area contributed by atoms with E-state index in [1.165, 1.54) is 0 Å². The van der Waals surface area contributed by atoms with Crippen molar-refractivity contribution in [1.29, 1.82) is 0 Å². The summed E-state index contributed by atoms with van der Waals surface area (Å²) in [6.45, 7) is 11.0. The van der Waals surface area contributed by atoms with Gasteiger partial charge in [-0.15, -0.1) is 11.3 Å². The van der Waals surface area contributed by atoms with E-state index in [9.17, 15) is 0 Å². The fraction of sp³-hybridized carbons (Fsp3) is 0.615. The highest BCUT2D eigenvalue weighted by molar-refractivity contribution is 7.15. The summed E-state index contributed by atoms with van der Waals surface area (Å²) in [5.74, 6) is 0.681. The predicted molar refractivity (Wildman–Crippen MR) is 73.4 cm³/mol. The summed E-state index contributed by atoms with van der Waals surface area (Å²) in [4.78, 5) is 5.63. The molecule has 0 spiro atoms. The molecule has 0 aliphatic carbocycles. The highest BCUT2D eigenvalue weighted by Crippen LogP contribution is 2.24. The maximum Gasteiger partial charge on any atom is 0.193 e. The minimum Gasteiger partial charge on any atom is -0.311 e. The van der Waals surface area contributed by atoms with Crippen molar-refractivity contribution in [2.45, 2.75) is 34.2 Å². The van der Waals surface area contributed by atoms with Gasteiger partial charge in [-0.25, -0.2) is 4.98 Å². The zero-order valence-corrected chi connectivity index (χ0v) is 11.8. The Hall–Kier alpha value is -0.870. The second kappa shape index (κ2) is 4.78. The molecule has 3 nitrogen and oxygen atoms in total. The van der Waals surface area contributed by atoms with Crippen molar-refractivity contribution in [2.75, 3.05) is 6.54 Å². The molecule has 0 saturated carbocycles. The van der Waals surface area contributed by atoms with E-state index in [-0.39, 0.29) is 0 Å². The van der Waals surface area contributed by atoms with Gasteiger partial charge in [0.25, 0.3) is 0 Å². The summed E-state index contributed by atoms with van der Waals surface area (Å²) < 4.78 is 2.08. The molecular weight excluding hydrogens is 230 g/mol. The molecule has 0 bridgehead atoms. The van der Waals surface area contributed by atoms with Crippen LogP contribution in [0.1, 0.15) is 33.4 Å². The van der Waals surface area contributed by atoms with Crippen LogP contribution in [0.15, 0.2) is 17.8 Å². The molecule has 2 heterocycles. The van der Waals surface area contributed by atoms with Crippen LogP contribution < -0.4 is 5.32 Å². The molecule has 0 aromatic carbocycles. The zero-order chi connectivity index (χ0) is 12.5. The Labute approximate surface area is 107 Å². The van der Waals surface area contributed by atoms with Crippen molar-refractivity contribution in [1.82, 2.24) is 14.7 Å². The Morgan fingerprint density at radius 1 is 1.47 bits per heavy atom. The van der Waals surface area contributed by atoms with Crippen molar-refractivity contribution in [3.05, 3.63) is 23.5 Å². The van der Waals surface area contributed by atoms with Crippen LogP contribution in [0.25, 0.3) is 4.96 Å². The van der Waals surface area contributed by atoms with E-state index < -0.39 is 0 Å². The predicted octanol–water partition coefficient (Wildman–Crippen LogP) is 3.17. The number of thiazole rings is 1. The molecule has 0 fully saturated rings. The summed E-state index contributed by atoms with van der Waals surface area (Å²) >= 11 is 1.68. The fourth-order valence-electron chi connectivity index (χ4n) is 1.58. The van der Waals surface area contributed by atoms with Crippen LogP contribution in [0.5, 0.6) is 0 Å². The van der Waals surface area contributed by atoms with E-state index in [4.69, 9.17) is 0 Å². The van der Waals surface area contributed by atoms with E-state index in [0.717, 1.165) is 23.7 Å². The lowest BCUT2D eigenvalue weighted by Gasteiger charge is -2.29. The van der Waals surface area contributed by atoms with Crippen LogP contribution >= 0.6 is 11.3 Å². The quantitative estimate of drug-likeness (QED) is 0.884. The lowest BCUT2D eigenvalue weighted by Crippen LogP contribution is -2.33. The van der Waals surface area contributed by atoms with Crippen LogP contribution in [-0.2, 0) is 6.54 Å². The molecule has 0 aliphatic heterocycles. The topological polar surface area (TPSA) is 29.3 Å². The van der Waals surface area contributed by atoms with Gasteiger partial charge in [0.2, 0.25) is 0 Å². The summed E-state index contributed by atoms with van der Waals surface area (Å²) in [7, 11) is 0. The molecule has 2 aromatic rings. The number of nitrogens with one attached hydrogen (secondary N) is 1. The summed E-state index contributed by atoms with van der Waals surface area (Å²) in [5, 5.41) is 5.56. The third kappa shape index (κ3) is 2.87. The summed E-state index contributed by atoms with van der Waals surface area (Å²) in [5.41, 5.74) is 1.45. The van der Waals surface area contributed by atoms with Gasteiger partial charge < -0.3 is 5.32 Å². The zero-order valence-electron chi connectivity index (χ0n) is 11.0. The van der Waals surface area contributed by atoms with Gasteiger partial charge in [-0.1, -0.05) is 27.7 Å². The molecule has 2 aromatic heterocycles. The number of aromatic nitrogens is 2. The third-order valence-corrected chi connectivity index (χ3v) is 4.36. The first kappa shape index (κ1) is 12.6. The minimum absolute atomic E-state index is 0.330. The number of imidazole rings is 1. The second-order valence-electron chi connectivity index (χ2n) is 5.57. The van der Waals surface area contributed by atoms with Gasteiger partial charge >= 0.3 is 0 Å². The Morgan fingerprint density at radius 3 is 2.88 bits per heavy atom. The first-order chi connectivity index (χ1) is 7.99. The Morgan fingerprint density at radius 2 is 2.24 bits per heavy atom. The minimum atomic E-state index is 0.330. The number of hydrogen-bond acceptors (Lipinski definition) is 3. The number of fused-ring (bicyclic) bond motifs is 1. The molecule has 0 radical (unpaired) electrons. The van der Waals surface area contributed by atoms with Crippen LogP contribution in [0, 0.1) is 11.3 Å². The van der Waals surface area contributed by atoms with Gasteiger partial charge in [0.1, 0.15) is 0 Å². The molecule has 4 heteroatoms. The average molecular weight is 251 g/mol. The van der Waals surface area contributed by atoms with Crippen LogP contribution in [0.3, 0.4) is 0 Å². The third-order valence-electron chi connectivity index (χ3n) is 3.59. The van der Waals surface area contributed by atoms with E-state index in [2.05, 4.69) is 60.2 Å². The molecular formula is C13H21N3S. The standard InChI is InChI=1S/C13H21N3S/c1-10(2)13(3,4)9-14-7-11-8-16-5-6-17-12(16)15-11/h5-6,8,10,14H,7,9H2,1-4H3. The highest BCUT2D eigenvalue weighted by Gasteiger charge is 2.21. The van der Waals surface area contributed by atoms with Crippen molar-refractivity contribution < 1.29 is 0 Å². The highest BCUT2D eigenvalue weighted by atomic mass is 32.1. The monoisotopic (exact) mass is 251 g/mol. The van der Waals surface area contributed by atoms with Crippen molar-refractivity contribution in [3.63, 3.8) is 0 Å². The lowest BCUT2D eigenvalue weighted by atomic mass is 9.81. The Kier molecular flexibility index (Phi) is 3.54. The first-order valence-electron chi connectivity index (χ1n) is 6.11. The molecule has 1 N–H and O–H groups in total. The molecule has 0 atom stereocenters. The van der Waals surface area contributed by atoms with Gasteiger partial charge in [-0.2, -0.15) is 0 Å². The van der Waals surface area contributed by atoms with Gasteiger partial charge in [-0.3, -0.25) is 4.40 Å². The molecule has 0 saturated heterocycles. The van der Waals surface area contributed by atoms with E-state index >= 15 is 0 Å². The Bertz CT molecular complexity index is 453. The van der Waals surface area contributed by atoms with Gasteiger partial charge in [0.15, 0.2) is 4.96 Å². The number of nitrogens with zero attached hydrogens (tertiary/aromatic N) is 2. The maximum absolute atomic E-state index is 4.56. The van der Waals surface area contributed by atoms with Gasteiger partial charge in [-0.05, 0) is 11.3 Å². The first-order valence-corrected chi connectivity index (χ1v) is 6.99. The smallest absolute Gasteiger partial charge is 0.193 e. The van der Waals surface area contributed by atoms with E-state index in [0.29, 0.717) is 11.3 Å². The maximum atomic E-state index is 4.56.